The van der Waals surface area contributed by atoms with Crippen LogP contribution in [0.2, 0.25) is 0 Å². The Morgan fingerprint density at radius 3 is 2.76 bits per heavy atom. The maximum atomic E-state index is 12.5. The first-order valence-corrected chi connectivity index (χ1v) is 8.94. The van der Waals surface area contributed by atoms with Crippen molar-refractivity contribution in [3.63, 3.8) is 0 Å². The van der Waals surface area contributed by atoms with Crippen molar-refractivity contribution in [1.29, 1.82) is 0 Å². The molecule has 0 aliphatic rings. The van der Waals surface area contributed by atoms with Gasteiger partial charge < -0.3 is 0 Å². The van der Waals surface area contributed by atoms with E-state index in [-0.39, 0.29) is 4.90 Å². The van der Waals surface area contributed by atoms with E-state index < -0.39 is 10.0 Å². The minimum absolute atomic E-state index is 0.161. The predicted octanol–water partition coefficient (Wildman–Crippen LogP) is 3.89. The summed E-state index contributed by atoms with van der Waals surface area (Å²) >= 11 is 6.54. The van der Waals surface area contributed by atoms with Crippen LogP contribution in [0, 0.1) is 0 Å². The highest BCUT2D eigenvalue weighted by molar-refractivity contribution is 9.11. The standard InChI is InChI=1S/C13H9Br2N3O2S/c14-9-4-5-10(15)12(6-9)21(19,20)18-11-3-1-2-8-7-16-17-13(8)11/h1-7,18H,(H,16,17). The average Bonchev–Trinajstić information content (AvgIpc) is 2.90. The third-order valence-electron chi connectivity index (χ3n) is 2.90. The van der Waals surface area contributed by atoms with E-state index in [1.807, 2.05) is 6.07 Å². The monoisotopic (exact) mass is 429 g/mol. The van der Waals surface area contributed by atoms with Crippen molar-refractivity contribution in [2.24, 2.45) is 0 Å². The highest BCUT2D eigenvalue weighted by atomic mass is 79.9. The van der Waals surface area contributed by atoms with Crippen LogP contribution < -0.4 is 4.72 Å². The number of H-pyrrole nitrogens is 1. The number of halogens is 2. The molecule has 2 aromatic carbocycles. The third kappa shape index (κ3) is 2.83. The molecule has 0 saturated heterocycles. The second kappa shape index (κ2) is 5.43. The van der Waals surface area contributed by atoms with Gasteiger partial charge in [-0.15, -0.1) is 0 Å². The molecular weight excluding hydrogens is 422 g/mol. The Bertz CT molecular complexity index is 922. The SMILES string of the molecule is O=S(=O)(Nc1cccc2cn[nH]c12)c1cc(Br)ccc1Br. The summed E-state index contributed by atoms with van der Waals surface area (Å²) in [5.41, 5.74) is 1.10. The van der Waals surface area contributed by atoms with E-state index in [1.165, 1.54) is 0 Å². The first-order chi connectivity index (χ1) is 9.97. The van der Waals surface area contributed by atoms with Crippen LogP contribution in [0.1, 0.15) is 0 Å². The number of benzene rings is 2. The zero-order valence-electron chi connectivity index (χ0n) is 10.5. The van der Waals surface area contributed by atoms with Gasteiger partial charge in [-0.1, -0.05) is 28.1 Å². The van der Waals surface area contributed by atoms with E-state index >= 15 is 0 Å². The van der Waals surface area contributed by atoms with Gasteiger partial charge in [-0.05, 0) is 40.2 Å². The zero-order chi connectivity index (χ0) is 15.0. The number of anilines is 1. The van der Waals surface area contributed by atoms with Crippen molar-refractivity contribution in [2.45, 2.75) is 4.90 Å². The summed E-state index contributed by atoms with van der Waals surface area (Å²) < 4.78 is 28.9. The van der Waals surface area contributed by atoms with Gasteiger partial charge in [-0.3, -0.25) is 9.82 Å². The average molecular weight is 431 g/mol. The number of nitrogens with one attached hydrogen (secondary N) is 2. The molecule has 0 radical (unpaired) electrons. The number of fused-ring (bicyclic) bond motifs is 1. The van der Waals surface area contributed by atoms with Crippen molar-refractivity contribution in [2.75, 3.05) is 4.72 Å². The molecule has 1 heterocycles. The van der Waals surface area contributed by atoms with E-state index in [1.54, 1.807) is 36.5 Å². The van der Waals surface area contributed by atoms with E-state index in [9.17, 15) is 8.42 Å². The van der Waals surface area contributed by atoms with Gasteiger partial charge in [0.05, 0.1) is 17.4 Å². The topological polar surface area (TPSA) is 74.8 Å². The molecule has 0 bridgehead atoms. The summed E-state index contributed by atoms with van der Waals surface area (Å²) in [7, 11) is -3.71. The maximum absolute atomic E-state index is 12.5. The highest BCUT2D eigenvalue weighted by Crippen LogP contribution is 2.29. The lowest BCUT2D eigenvalue weighted by Crippen LogP contribution is -2.14. The van der Waals surface area contributed by atoms with Crippen LogP contribution in [0.5, 0.6) is 0 Å². The molecule has 108 valence electrons. The smallest absolute Gasteiger partial charge is 0.263 e. The minimum atomic E-state index is -3.71. The van der Waals surface area contributed by atoms with Crippen LogP contribution >= 0.6 is 31.9 Å². The van der Waals surface area contributed by atoms with Gasteiger partial charge in [0.25, 0.3) is 10.0 Å². The van der Waals surface area contributed by atoms with Gasteiger partial charge in [-0.25, -0.2) is 8.42 Å². The lowest BCUT2D eigenvalue weighted by atomic mass is 10.2. The Hall–Kier alpha value is -1.38. The Labute approximate surface area is 138 Å². The molecule has 8 heteroatoms. The summed E-state index contributed by atoms with van der Waals surface area (Å²) in [6, 6.07) is 10.3. The Morgan fingerprint density at radius 1 is 1.14 bits per heavy atom. The number of nitrogens with zero attached hydrogens (tertiary/aromatic N) is 1. The zero-order valence-corrected chi connectivity index (χ0v) is 14.5. The molecule has 0 unspecified atom stereocenters. The second-order valence-corrected chi connectivity index (χ2v) is 7.74. The summed E-state index contributed by atoms with van der Waals surface area (Å²) in [6.07, 6.45) is 1.64. The predicted molar refractivity (Wildman–Crippen MR) is 88.7 cm³/mol. The fraction of sp³-hybridized carbons (Fsp3) is 0. The van der Waals surface area contributed by atoms with Gasteiger partial charge in [0, 0.05) is 14.3 Å². The second-order valence-electron chi connectivity index (χ2n) is 4.32. The van der Waals surface area contributed by atoms with Gasteiger partial charge in [0.15, 0.2) is 0 Å². The van der Waals surface area contributed by atoms with Gasteiger partial charge in [0.2, 0.25) is 0 Å². The summed E-state index contributed by atoms with van der Waals surface area (Å²) in [5, 5.41) is 7.55. The maximum Gasteiger partial charge on any atom is 0.263 e. The van der Waals surface area contributed by atoms with Gasteiger partial charge in [0.1, 0.15) is 4.90 Å². The normalized spacial score (nSPS) is 11.7. The lowest BCUT2D eigenvalue weighted by molar-refractivity contribution is 0.600. The van der Waals surface area contributed by atoms with E-state index in [4.69, 9.17) is 0 Å². The number of rotatable bonds is 3. The van der Waals surface area contributed by atoms with Crippen molar-refractivity contribution in [1.82, 2.24) is 10.2 Å². The van der Waals surface area contributed by atoms with E-state index in [2.05, 4.69) is 46.8 Å². The van der Waals surface area contributed by atoms with Gasteiger partial charge >= 0.3 is 0 Å². The molecule has 0 fully saturated rings. The molecule has 1 aromatic heterocycles. The molecule has 0 atom stereocenters. The number of aromatic nitrogens is 2. The van der Waals surface area contributed by atoms with Crippen molar-refractivity contribution in [3.05, 3.63) is 51.5 Å². The van der Waals surface area contributed by atoms with Crippen molar-refractivity contribution < 1.29 is 8.42 Å². The van der Waals surface area contributed by atoms with Crippen LogP contribution in [-0.2, 0) is 10.0 Å². The van der Waals surface area contributed by atoms with E-state index in [0.29, 0.717) is 20.1 Å². The number of sulfonamides is 1. The fourth-order valence-electron chi connectivity index (χ4n) is 1.94. The molecule has 21 heavy (non-hydrogen) atoms. The Balaban J connectivity index is 2.08. The number of para-hydroxylation sites is 1. The molecule has 0 amide bonds. The van der Waals surface area contributed by atoms with Crippen LogP contribution in [0.4, 0.5) is 5.69 Å². The van der Waals surface area contributed by atoms with Crippen LogP contribution in [0.15, 0.2) is 56.4 Å². The van der Waals surface area contributed by atoms with E-state index in [0.717, 1.165) is 5.39 Å². The Kier molecular flexibility index (Phi) is 3.76. The third-order valence-corrected chi connectivity index (χ3v) is 5.76. The first kappa shape index (κ1) is 14.6. The minimum Gasteiger partial charge on any atom is -0.277 e. The summed E-state index contributed by atoms with van der Waals surface area (Å²) in [4.78, 5) is 0.161. The molecule has 0 saturated carbocycles. The molecular formula is C13H9Br2N3O2S. The largest absolute Gasteiger partial charge is 0.277 e. The molecule has 0 spiro atoms. The number of hydrogen-bond acceptors (Lipinski definition) is 3. The Morgan fingerprint density at radius 2 is 1.95 bits per heavy atom. The molecule has 2 N–H and O–H groups in total. The molecule has 3 aromatic rings. The molecule has 0 aliphatic carbocycles. The molecule has 5 nitrogen and oxygen atoms in total. The van der Waals surface area contributed by atoms with Crippen molar-refractivity contribution in [3.8, 4) is 0 Å². The molecule has 3 rings (SSSR count). The fourth-order valence-corrected chi connectivity index (χ4v) is 4.51. The van der Waals surface area contributed by atoms with Crippen LogP contribution in [-0.4, -0.2) is 18.6 Å². The highest BCUT2D eigenvalue weighted by Gasteiger charge is 2.19. The van der Waals surface area contributed by atoms with Crippen LogP contribution in [0.25, 0.3) is 10.9 Å². The van der Waals surface area contributed by atoms with Crippen LogP contribution in [0.3, 0.4) is 0 Å². The number of hydrogen-bond donors (Lipinski definition) is 2. The quantitative estimate of drug-likeness (QED) is 0.661. The number of aromatic amines is 1. The summed E-state index contributed by atoms with van der Waals surface area (Å²) in [5.74, 6) is 0. The first-order valence-electron chi connectivity index (χ1n) is 5.87. The van der Waals surface area contributed by atoms with Crippen molar-refractivity contribution >= 4 is 58.5 Å². The van der Waals surface area contributed by atoms with Gasteiger partial charge in [-0.2, -0.15) is 5.10 Å². The lowest BCUT2D eigenvalue weighted by Gasteiger charge is -2.10. The summed E-state index contributed by atoms with van der Waals surface area (Å²) in [6.45, 7) is 0. The molecule has 0 aliphatic heterocycles.